The van der Waals surface area contributed by atoms with Gasteiger partial charge in [-0.2, -0.15) is 0 Å². The number of likely N-dealkylation sites (N-methyl/N-ethyl adjacent to an activating group) is 1. The summed E-state index contributed by atoms with van der Waals surface area (Å²) in [6.07, 6.45) is 0. The summed E-state index contributed by atoms with van der Waals surface area (Å²) in [5.74, 6) is 0.981. The van der Waals surface area contributed by atoms with Crippen LogP contribution < -0.4 is 4.74 Å². The first kappa shape index (κ1) is 17.1. The number of methoxy groups -OCH3 is 1. The van der Waals surface area contributed by atoms with Gasteiger partial charge in [0, 0.05) is 32.2 Å². The van der Waals surface area contributed by atoms with Crippen molar-refractivity contribution in [1.82, 2.24) is 19.8 Å². The Hall–Kier alpha value is -1.73. The van der Waals surface area contributed by atoms with Crippen LogP contribution in [0.4, 0.5) is 0 Å². The minimum absolute atomic E-state index is 0.152. The van der Waals surface area contributed by atoms with E-state index < -0.39 is 0 Å². The summed E-state index contributed by atoms with van der Waals surface area (Å²) in [5, 5.41) is 0.618. The molecule has 1 atom stereocenters. The summed E-state index contributed by atoms with van der Waals surface area (Å²) in [6, 6.07) is 5.73. The van der Waals surface area contributed by atoms with Gasteiger partial charge in [-0.25, -0.2) is 4.98 Å². The Morgan fingerprint density at radius 2 is 2.12 bits per heavy atom. The fourth-order valence-corrected chi connectivity index (χ4v) is 3.81. The minimum Gasteiger partial charge on any atom is -0.497 e. The van der Waals surface area contributed by atoms with Gasteiger partial charge < -0.3 is 19.5 Å². The summed E-state index contributed by atoms with van der Waals surface area (Å²) in [6.45, 7) is 8.71. The van der Waals surface area contributed by atoms with Gasteiger partial charge in [-0.05, 0) is 25.6 Å². The Morgan fingerprint density at radius 3 is 2.79 bits per heavy atom. The van der Waals surface area contributed by atoms with E-state index in [1.165, 1.54) is 11.8 Å². The van der Waals surface area contributed by atoms with Crippen LogP contribution in [0.15, 0.2) is 23.4 Å². The van der Waals surface area contributed by atoms with Crippen LogP contribution in [0.3, 0.4) is 0 Å². The maximum Gasteiger partial charge on any atom is 0.235 e. The number of aromatic amines is 1. The minimum atomic E-state index is -0.152. The molecule has 130 valence electrons. The molecule has 0 saturated carbocycles. The number of carbonyl (C=O) groups is 1. The van der Waals surface area contributed by atoms with Gasteiger partial charge >= 0.3 is 0 Å². The van der Waals surface area contributed by atoms with Gasteiger partial charge in [0.15, 0.2) is 5.16 Å². The number of H-pyrrole nitrogens is 1. The average Bonchev–Trinajstić information content (AvgIpc) is 3.02. The van der Waals surface area contributed by atoms with Gasteiger partial charge in [-0.3, -0.25) is 4.79 Å². The number of hydrogen-bond acceptors (Lipinski definition) is 5. The van der Waals surface area contributed by atoms with Gasteiger partial charge in [0.2, 0.25) is 5.91 Å². The van der Waals surface area contributed by atoms with Crippen LogP contribution in [0, 0.1) is 0 Å². The van der Waals surface area contributed by atoms with E-state index in [1.54, 1.807) is 7.11 Å². The van der Waals surface area contributed by atoms with Crippen molar-refractivity contribution in [2.24, 2.45) is 0 Å². The molecule has 1 aromatic heterocycles. The molecule has 1 amide bonds. The predicted octanol–water partition coefficient (Wildman–Crippen LogP) is 2.22. The molecule has 0 radical (unpaired) electrons. The Labute approximate surface area is 146 Å². The first-order valence-corrected chi connectivity index (χ1v) is 9.20. The number of hydrogen-bond donors (Lipinski definition) is 1. The lowest BCUT2D eigenvalue weighted by atomic mass is 10.3. The second-order valence-electron chi connectivity index (χ2n) is 5.94. The summed E-state index contributed by atoms with van der Waals surface area (Å²) >= 11 is 1.48. The highest BCUT2D eigenvalue weighted by molar-refractivity contribution is 8.00. The van der Waals surface area contributed by atoms with Gasteiger partial charge in [0.1, 0.15) is 5.75 Å². The van der Waals surface area contributed by atoms with Crippen LogP contribution in [-0.2, 0) is 4.79 Å². The molecule has 1 aromatic carbocycles. The Kier molecular flexibility index (Phi) is 5.30. The van der Waals surface area contributed by atoms with Crippen molar-refractivity contribution in [3.8, 4) is 5.75 Å². The third-order valence-electron chi connectivity index (χ3n) is 4.43. The number of nitrogens with one attached hydrogen (secondary N) is 1. The fourth-order valence-electron chi connectivity index (χ4n) is 2.91. The highest BCUT2D eigenvalue weighted by Crippen LogP contribution is 2.26. The third-order valence-corrected chi connectivity index (χ3v) is 5.41. The van der Waals surface area contributed by atoms with Crippen LogP contribution in [0.25, 0.3) is 11.0 Å². The van der Waals surface area contributed by atoms with Crippen LogP contribution >= 0.6 is 11.8 Å². The normalized spacial score (nSPS) is 17.2. The monoisotopic (exact) mass is 348 g/mol. The van der Waals surface area contributed by atoms with Crippen molar-refractivity contribution in [1.29, 1.82) is 0 Å². The van der Waals surface area contributed by atoms with Crippen LogP contribution in [0.1, 0.15) is 13.8 Å². The number of amides is 1. The van der Waals surface area contributed by atoms with Crippen molar-refractivity contribution in [2.75, 3.05) is 39.8 Å². The molecular weight excluding hydrogens is 324 g/mol. The molecule has 6 nitrogen and oxygen atoms in total. The van der Waals surface area contributed by atoms with E-state index in [9.17, 15) is 4.79 Å². The molecule has 1 saturated heterocycles. The zero-order chi connectivity index (χ0) is 17.1. The maximum absolute atomic E-state index is 12.6. The van der Waals surface area contributed by atoms with Crippen molar-refractivity contribution >= 4 is 28.7 Å². The molecule has 1 aliphatic heterocycles. The smallest absolute Gasteiger partial charge is 0.235 e. The lowest BCUT2D eigenvalue weighted by Gasteiger charge is -2.35. The van der Waals surface area contributed by atoms with Crippen LogP contribution in [-0.4, -0.2) is 70.8 Å². The largest absolute Gasteiger partial charge is 0.497 e. The average molecular weight is 348 g/mol. The highest BCUT2D eigenvalue weighted by Gasteiger charge is 2.25. The summed E-state index contributed by atoms with van der Waals surface area (Å²) < 4.78 is 5.23. The van der Waals surface area contributed by atoms with Crippen molar-refractivity contribution in [3.05, 3.63) is 18.2 Å². The standard InChI is InChI=1S/C17H24N4O2S/c1-4-20-7-9-21(10-8-20)16(22)12(2)24-17-18-14-6-5-13(23-3)11-15(14)19-17/h5-6,11-12H,4,7-10H2,1-3H3,(H,18,19)/t12-/m0/s1. The molecule has 2 aromatic rings. The molecule has 2 heterocycles. The third kappa shape index (κ3) is 3.67. The topological polar surface area (TPSA) is 61.5 Å². The fraction of sp³-hybridized carbons (Fsp3) is 0.529. The lowest BCUT2D eigenvalue weighted by Crippen LogP contribution is -2.50. The molecule has 7 heteroatoms. The number of thioether (sulfide) groups is 1. The first-order chi connectivity index (χ1) is 11.6. The van der Waals surface area contributed by atoms with Gasteiger partial charge in [-0.1, -0.05) is 18.7 Å². The maximum atomic E-state index is 12.6. The van der Waals surface area contributed by atoms with Gasteiger partial charge in [0.25, 0.3) is 0 Å². The van der Waals surface area contributed by atoms with Crippen molar-refractivity contribution in [2.45, 2.75) is 24.3 Å². The highest BCUT2D eigenvalue weighted by atomic mass is 32.2. The van der Waals surface area contributed by atoms with Crippen LogP contribution in [0.5, 0.6) is 5.75 Å². The van der Waals surface area contributed by atoms with E-state index in [0.717, 1.165) is 54.7 Å². The molecule has 1 N–H and O–H groups in total. The molecular formula is C17H24N4O2S. The number of carbonyl (C=O) groups excluding carboxylic acids is 1. The number of ether oxygens (including phenoxy) is 1. The Morgan fingerprint density at radius 1 is 1.38 bits per heavy atom. The van der Waals surface area contributed by atoms with Gasteiger partial charge in [-0.15, -0.1) is 0 Å². The number of rotatable bonds is 5. The Balaban J connectivity index is 1.63. The summed E-state index contributed by atoms with van der Waals surface area (Å²) in [5.41, 5.74) is 1.81. The van der Waals surface area contributed by atoms with E-state index in [0.29, 0.717) is 0 Å². The van der Waals surface area contributed by atoms with E-state index in [4.69, 9.17) is 4.74 Å². The molecule has 1 aliphatic rings. The first-order valence-electron chi connectivity index (χ1n) is 8.32. The second kappa shape index (κ2) is 7.44. The number of aromatic nitrogens is 2. The molecule has 1 fully saturated rings. The number of nitrogens with zero attached hydrogens (tertiary/aromatic N) is 3. The van der Waals surface area contributed by atoms with E-state index in [-0.39, 0.29) is 11.2 Å². The summed E-state index contributed by atoms with van der Waals surface area (Å²) in [7, 11) is 1.65. The number of benzene rings is 1. The van der Waals surface area contributed by atoms with Crippen LogP contribution in [0.2, 0.25) is 0 Å². The SMILES string of the molecule is CCN1CCN(C(=O)[C@H](C)Sc2nc3ccc(OC)cc3[nH]2)CC1. The molecule has 24 heavy (non-hydrogen) atoms. The molecule has 0 aliphatic carbocycles. The van der Waals surface area contributed by atoms with E-state index >= 15 is 0 Å². The summed E-state index contributed by atoms with van der Waals surface area (Å²) in [4.78, 5) is 24.8. The lowest BCUT2D eigenvalue weighted by molar-refractivity contribution is -0.132. The van der Waals surface area contributed by atoms with Crippen molar-refractivity contribution in [3.63, 3.8) is 0 Å². The van der Waals surface area contributed by atoms with E-state index in [2.05, 4.69) is 21.8 Å². The Bertz CT molecular complexity index is 710. The molecule has 0 unspecified atom stereocenters. The predicted molar refractivity (Wildman–Crippen MR) is 96.7 cm³/mol. The number of fused-ring (bicyclic) bond motifs is 1. The zero-order valence-corrected chi connectivity index (χ0v) is 15.2. The molecule has 0 bridgehead atoms. The quantitative estimate of drug-likeness (QED) is 0.840. The molecule has 0 spiro atoms. The van der Waals surface area contributed by atoms with Gasteiger partial charge in [0.05, 0.1) is 23.4 Å². The number of piperazine rings is 1. The number of imidazole rings is 1. The second-order valence-corrected chi connectivity index (χ2v) is 7.27. The van der Waals surface area contributed by atoms with E-state index in [1.807, 2.05) is 30.0 Å². The van der Waals surface area contributed by atoms with Crippen molar-refractivity contribution < 1.29 is 9.53 Å². The zero-order valence-electron chi connectivity index (χ0n) is 14.4. The molecule has 3 rings (SSSR count).